The van der Waals surface area contributed by atoms with Crippen molar-refractivity contribution in [2.24, 2.45) is 0 Å². The molecule has 0 saturated carbocycles. The molecule has 1 aliphatic heterocycles. The van der Waals surface area contributed by atoms with Crippen LogP contribution in [0.5, 0.6) is 0 Å². The van der Waals surface area contributed by atoms with Crippen molar-refractivity contribution < 1.29 is 0 Å². The van der Waals surface area contributed by atoms with E-state index in [4.69, 9.17) is 11.6 Å². The minimum Gasteiger partial charge on any atom is -0.304 e. The molecule has 17 heavy (non-hydrogen) atoms. The van der Waals surface area contributed by atoms with Gasteiger partial charge in [-0.1, -0.05) is 11.6 Å². The van der Waals surface area contributed by atoms with Crippen molar-refractivity contribution in [3.63, 3.8) is 0 Å². The first kappa shape index (κ1) is 13.5. The van der Waals surface area contributed by atoms with E-state index in [-0.39, 0.29) is 0 Å². The molecule has 1 fully saturated rings. The molecule has 0 N–H and O–H groups in total. The van der Waals surface area contributed by atoms with Crippen molar-refractivity contribution >= 4 is 34.2 Å². The Morgan fingerprint density at radius 3 is 2.94 bits per heavy atom. The molecule has 94 valence electrons. The summed E-state index contributed by atoms with van der Waals surface area (Å²) in [6.07, 6.45) is 2.65. The molecular formula is C11H16ClIN4. The van der Waals surface area contributed by atoms with E-state index < -0.39 is 0 Å². The van der Waals surface area contributed by atoms with Crippen LogP contribution in [0.3, 0.4) is 0 Å². The van der Waals surface area contributed by atoms with E-state index >= 15 is 0 Å². The molecule has 6 heteroatoms. The van der Waals surface area contributed by atoms with Gasteiger partial charge in [-0.15, -0.1) is 0 Å². The lowest BCUT2D eigenvalue weighted by atomic mass is 10.1. The number of hydrogen-bond acceptors (Lipinski definition) is 4. The number of rotatable bonds is 2. The molecule has 0 spiro atoms. The van der Waals surface area contributed by atoms with Gasteiger partial charge in [0.05, 0.1) is 3.57 Å². The number of likely N-dealkylation sites (N-methyl/N-ethyl adjacent to an activating group) is 2. The summed E-state index contributed by atoms with van der Waals surface area (Å²) < 4.78 is 0.905. The second-order valence-electron chi connectivity index (χ2n) is 4.53. The van der Waals surface area contributed by atoms with E-state index in [0.29, 0.717) is 11.2 Å². The average molecular weight is 367 g/mol. The maximum absolute atomic E-state index is 6.01. The van der Waals surface area contributed by atoms with E-state index in [1.54, 1.807) is 6.20 Å². The Hall–Kier alpha value is 0.0200. The lowest BCUT2D eigenvalue weighted by molar-refractivity contribution is 0.113. The quantitative estimate of drug-likeness (QED) is 0.587. The van der Waals surface area contributed by atoms with Crippen LogP contribution in [0.2, 0.25) is 5.15 Å². The third kappa shape index (κ3) is 3.49. The zero-order valence-electron chi connectivity index (χ0n) is 10.0. The third-order valence-corrected chi connectivity index (χ3v) is 4.55. The van der Waals surface area contributed by atoms with Gasteiger partial charge in [0.2, 0.25) is 0 Å². The second kappa shape index (κ2) is 5.77. The lowest BCUT2D eigenvalue weighted by Gasteiger charge is -2.37. The van der Waals surface area contributed by atoms with Crippen molar-refractivity contribution in [2.45, 2.75) is 12.5 Å². The van der Waals surface area contributed by atoms with Gasteiger partial charge in [-0.05, 0) is 36.7 Å². The molecule has 0 amide bonds. The summed E-state index contributed by atoms with van der Waals surface area (Å²) >= 11 is 8.16. The Bertz CT molecular complexity index is 401. The first-order chi connectivity index (χ1) is 8.06. The normalized spacial score (nSPS) is 22.9. The number of hydrogen-bond donors (Lipinski definition) is 0. The van der Waals surface area contributed by atoms with Crippen LogP contribution in [0.25, 0.3) is 0 Å². The fourth-order valence-corrected chi connectivity index (χ4v) is 2.42. The number of halogens is 2. The molecular weight excluding hydrogens is 351 g/mol. The molecule has 4 nitrogen and oxygen atoms in total. The zero-order valence-corrected chi connectivity index (χ0v) is 12.9. The number of nitrogens with zero attached hydrogens (tertiary/aromatic N) is 4. The standard InChI is InChI=1S/C11H16ClIN4/c1-16-3-4-17(2)8(7-16)5-10-14-6-9(13)11(12)15-10/h6,8H,3-5,7H2,1-2H3. The Morgan fingerprint density at radius 1 is 1.47 bits per heavy atom. The summed E-state index contributed by atoms with van der Waals surface area (Å²) in [5.74, 6) is 0.836. The van der Waals surface area contributed by atoms with Crippen LogP contribution in [0.4, 0.5) is 0 Å². The highest BCUT2D eigenvalue weighted by molar-refractivity contribution is 14.1. The highest BCUT2D eigenvalue weighted by Crippen LogP contribution is 2.16. The SMILES string of the molecule is CN1CCN(C)C(Cc2ncc(I)c(Cl)n2)C1. The van der Waals surface area contributed by atoms with Crippen LogP contribution in [0.1, 0.15) is 5.82 Å². The van der Waals surface area contributed by atoms with E-state index in [0.717, 1.165) is 35.4 Å². The van der Waals surface area contributed by atoms with Crippen molar-refractivity contribution in [3.05, 3.63) is 20.7 Å². The minimum atomic E-state index is 0.477. The van der Waals surface area contributed by atoms with Gasteiger partial charge in [0.25, 0.3) is 0 Å². The minimum absolute atomic E-state index is 0.477. The highest BCUT2D eigenvalue weighted by Gasteiger charge is 2.23. The monoisotopic (exact) mass is 366 g/mol. The van der Waals surface area contributed by atoms with Crippen LogP contribution in [0.15, 0.2) is 6.20 Å². The molecule has 2 heterocycles. The fourth-order valence-electron chi connectivity index (χ4n) is 2.01. The molecule has 1 unspecified atom stereocenters. The lowest BCUT2D eigenvalue weighted by Crippen LogP contribution is -2.50. The molecule has 0 radical (unpaired) electrons. The van der Waals surface area contributed by atoms with Crippen molar-refractivity contribution in [3.8, 4) is 0 Å². The summed E-state index contributed by atoms with van der Waals surface area (Å²) in [5, 5.41) is 0.558. The maximum atomic E-state index is 6.01. The van der Waals surface area contributed by atoms with E-state index in [1.807, 2.05) is 0 Å². The summed E-state index contributed by atoms with van der Waals surface area (Å²) in [6.45, 7) is 3.28. The Balaban J connectivity index is 2.06. The molecule has 0 bridgehead atoms. The molecule has 2 rings (SSSR count). The Kier molecular flexibility index (Phi) is 4.57. The van der Waals surface area contributed by atoms with Crippen molar-refractivity contribution in [1.29, 1.82) is 0 Å². The van der Waals surface area contributed by atoms with Crippen LogP contribution >= 0.6 is 34.2 Å². The maximum Gasteiger partial charge on any atom is 0.146 e. The van der Waals surface area contributed by atoms with E-state index in [1.165, 1.54) is 0 Å². The van der Waals surface area contributed by atoms with Gasteiger partial charge < -0.3 is 9.80 Å². The van der Waals surface area contributed by atoms with Gasteiger partial charge in [-0.25, -0.2) is 9.97 Å². The van der Waals surface area contributed by atoms with Crippen molar-refractivity contribution in [2.75, 3.05) is 33.7 Å². The first-order valence-corrected chi connectivity index (χ1v) is 7.07. The molecule has 0 aromatic carbocycles. The van der Waals surface area contributed by atoms with E-state index in [2.05, 4.69) is 56.5 Å². The highest BCUT2D eigenvalue weighted by atomic mass is 127. The average Bonchev–Trinajstić information content (AvgIpc) is 2.29. The van der Waals surface area contributed by atoms with Crippen LogP contribution in [0, 0.1) is 3.57 Å². The summed E-state index contributed by atoms with van der Waals surface area (Å²) in [7, 11) is 4.31. The van der Waals surface area contributed by atoms with Gasteiger partial charge in [0.1, 0.15) is 11.0 Å². The van der Waals surface area contributed by atoms with Crippen molar-refractivity contribution in [1.82, 2.24) is 19.8 Å². The molecule has 1 aromatic heterocycles. The number of aromatic nitrogens is 2. The Morgan fingerprint density at radius 2 is 2.24 bits per heavy atom. The van der Waals surface area contributed by atoms with Gasteiger partial charge in [-0.2, -0.15) is 0 Å². The largest absolute Gasteiger partial charge is 0.304 e. The predicted molar refractivity (Wildman–Crippen MR) is 77.4 cm³/mol. The van der Waals surface area contributed by atoms with Crippen LogP contribution in [-0.2, 0) is 6.42 Å². The summed E-state index contributed by atoms with van der Waals surface area (Å²) in [6, 6.07) is 0.477. The molecule has 1 aliphatic rings. The predicted octanol–water partition coefficient (Wildman–Crippen LogP) is 1.52. The molecule has 1 atom stereocenters. The number of piperazine rings is 1. The molecule has 1 aromatic rings. The van der Waals surface area contributed by atoms with Crippen LogP contribution < -0.4 is 0 Å². The van der Waals surface area contributed by atoms with Gasteiger partial charge in [0, 0.05) is 38.3 Å². The summed E-state index contributed by atoms with van der Waals surface area (Å²) in [5.41, 5.74) is 0. The summed E-state index contributed by atoms with van der Waals surface area (Å²) in [4.78, 5) is 13.4. The van der Waals surface area contributed by atoms with Gasteiger partial charge >= 0.3 is 0 Å². The van der Waals surface area contributed by atoms with E-state index in [9.17, 15) is 0 Å². The third-order valence-electron chi connectivity index (χ3n) is 3.15. The molecule has 0 aliphatic carbocycles. The fraction of sp³-hybridized carbons (Fsp3) is 0.636. The Labute approximate surface area is 121 Å². The van der Waals surface area contributed by atoms with Crippen LogP contribution in [-0.4, -0.2) is 59.5 Å². The topological polar surface area (TPSA) is 32.3 Å². The second-order valence-corrected chi connectivity index (χ2v) is 6.05. The first-order valence-electron chi connectivity index (χ1n) is 5.62. The molecule has 1 saturated heterocycles. The van der Waals surface area contributed by atoms with Gasteiger partial charge in [-0.3, -0.25) is 0 Å². The smallest absolute Gasteiger partial charge is 0.146 e. The van der Waals surface area contributed by atoms with Gasteiger partial charge in [0.15, 0.2) is 0 Å². The zero-order chi connectivity index (χ0) is 12.4.